The Morgan fingerprint density at radius 3 is 2.48 bits per heavy atom. The van der Waals surface area contributed by atoms with Crippen molar-refractivity contribution < 1.29 is 17.9 Å². The summed E-state index contributed by atoms with van der Waals surface area (Å²) in [4.78, 5) is 11.3. The van der Waals surface area contributed by atoms with Crippen molar-refractivity contribution >= 4 is 27.6 Å². The standard InChI is InChI=1S/C14H18ClNO4S/c1-10-3-5-13(6-4-10)21(18,19)16-8-12(7-15)14(9-16)20-11(2)17/h3-6,12,14H,7-9H2,1-2H3. The zero-order valence-electron chi connectivity index (χ0n) is 12.0. The Balaban J connectivity index is 2.21. The van der Waals surface area contributed by atoms with Gasteiger partial charge in [-0.15, -0.1) is 11.6 Å². The van der Waals surface area contributed by atoms with Crippen LogP contribution in [-0.4, -0.2) is 43.8 Å². The summed E-state index contributed by atoms with van der Waals surface area (Å²) in [6, 6.07) is 6.68. The van der Waals surface area contributed by atoms with Crippen LogP contribution >= 0.6 is 11.6 Å². The van der Waals surface area contributed by atoms with E-state index in [1.165, 1.54) is 11.2 Å². The largest absolute Gasteiger partial charge is 0.461 e. The minimum atomic E-state index is -3.58. The van der Waals surface area contributed by atoms with E-state index in [1.54, 1.807) is 24.3 Å². The second-order valence-electron chi connectivity index (χ2n) is 5.20. The minimum absolute atomic E-state index is 0.146. The molecule has 116 valence electrons. The van der Waals surface area contributed by atoms with Gasteiger partial charge in [-0.1, -0.05) is 17.7 Å². The lowest BCUT2D eigenvalue weighted by molar-refractivity contribution is -0.147. The second-order valence-corrected chi connectivity index (χ2v) is 7.44. The Morgan fingerprint density at radius 2 is 1.95 bits per heavy atom. The predicted molar refractivity (Wildman–Crippen MR) is 79.7 cm³/mol. The molecule has 7 heteroatoms. The molecule has 0 N–H and O–H groups in total. The van der Waals surface area contributed by atoms with Crippen LogP contribution in [0.4, 0.5) is 0 Å². The molecule has 0 aliphatic carbocycles. The number of hydrogen-bond donors (Lipinski definition) is 0. The predicted octanol–water partition coefficient (Wildman–Crippen LogP) is 1.79. The molecule has 0 amide bonds. The SMILES string of the molecule is CC(=O)OC1CN(S(=O)(=O)c2ccc(C)cc2)CC1CCl. The molecule has 2 unspecified atom stereocenters. The summed E-state index contributed by atoms with van der Waals surface area (Å²) in [7, 11) is -3.58. The molecular weight excluding hydrogens is 314 g/mol. The van der Waals surface area contributed by atoms with E-state index in [0.717, 1.165) is 5.56 Å². The molecule has 1 saturated heterocycles. The molecular formula is C14H18ClNO4S. The first kappa shape index (κ1) is 16.3. The number of aryl methyl sites for hydroxylation is 1. The zero-order chi connectivity index (χ0) is 15.6. The number of nitrogens with zero attached hydrogens (tertiary/aromatic N) is 1. The molecule has 0 spiro atoms. The summed E-state index contributed by atoms with van der Waals surface area (Å²) in [6.45, 7) is 3.61. The van der Waals surface area contributed by atoms with E-state index in [0.29, 0.717) is 0 Å². The van der Waals surface area contributed by atoms with Gasteiger partial charge in [-0.3, -0.25) is 4.79 Å². The average Bonchev–Trinajstić information content (AvgIpc) is 2.82. The van der Waals surface area contributed by atoms with E-state index in [9.17, 15) is 13.2 Å². The van der Waals surface area contributed by atoms with Crippen molar-refractivity contribution in [1.82, 2.24) is 4.31 Å². The monoisotopic (exact) mass is 331 g/mol. The first-order valence-corrected chi connectivity index (χ1v) is 8.62. The summed E-state index contributed by atoms with van der Waals surface area (Å²) < 4.78 is 31.7. The summed E-state index contributed by atoms with van der Waals surface area (Å²) in [5.41, 5.74) is 0.992. The number of carbonyl (C=O) groups excluding carboxylic acids is 1. The van der Waals surface area contributed by atoms with E-state index in [-0.39, 0.29) is 29.8 Å². The number of esters is 1. The number of carbonyl (C=O) groups is 1. The lowest BCUT2D eigenvalue weighted by Gasteiger charge is -2.16. The second kappa shape index (κ2) is 6.34. The maximum absolute atomic E-state index is 12.6. The highest BCUT2D eigenvalue weighted by molar-refractivity contribution is 7.89. The van der Waals surface area contributed by atoms with Crippen LogP contribution in [-0.2, 0) is 19.6 Å². The van der Waals surface area contributed by atoms with E-state index < -0.39 is 22.1 Å². The third kappa shape index (κ3) is 3.56. The summed E-state index contributed by atoms with van der Waals surface area (Å²) >= 11 is 5.86. The van der Waals surface area contributed by atoms with Crippen molar-refractivity contribution in [3.05, 3.63) is 29.8 Å². The van der Waals surface area contributed by atoms with Gasteiger partial charge in [0.15, 0.2) is 0 Å². The van der Waals surface area contributed by atoms with Crippen LogP contribution in [0.15, 0.2) is 29.2 Å². The molecule has 1 fully saturated rings. The van der Waals surface area contributed by atoms with Gasteiger partial charge in [-0.25, -0.2) is 8.42 Å². The van der Waals surface area contributed by atoms with E-state index in [2.05, 4.69) is 0 Å². The molecule has 1 aromatic carbocycles. The molecule has 0 aromatic heterocycles. The van der Waals surface area contributed by atoms with Gasteiger partial charge in [0.25, 0.3) is 0 Å². The highest BCUT2D eigenvalue weighted by Gasteiger charge is 2.40. The Hall–Kier alpha value is -1.11. The first-order valence-electron chi connectivity index (χ1n) is 6.64. The molecule has 5 nitrogen and oxygen atoms in total. The number of hydrogen-bond acceptors (Lipinski definition) is 4. The van der Waals surface area contributed by atoms with Crippen molar-refractivity contribution in [2.45, 2.75) is 24.8 Å². The number of benzene rings is 1. The van der Waals surface area contributed by atoms with Gasteiger partial charge in [0.05, 0.1) is 11.4 Å². The molecule has 0 saturated carbocycles. The zero-order valence-corrected chi connectivity index (χ0v) is 13.5. The fourth-order valence-corrected chi connectivity index (χ4v) is 4.16. The van der Waals surface area contributed by atoms with Gasteiger partial charge in [-0.05, 0) is 19.1 Å². The smallest absolute Gasteiger partial charge is 0.302 e. The van der Waals surface area contributed by atoms with E-state index in [4.69, 9.17) is 16.3 Å². The summed E-state index contributed by atoms with van der Waals surface area (Å²) in [6.07, 6.45) is -0.486. The summed E-state index contributed by atoms with van der Waals surface area (Å²) in [5, 5.41) is 0. The fraction of sp³-hybridized carbons (Fsp3) is 0.500. The summed E-state index contributed by atoms with van der Waals surface area (Å²) in [5.74, 6) is -0.363. The van der Waals surface area contributed by atoms with Crippen LogP contribution in [0, 0.1) is 12.8 Å². The van der Waals surface area contributed by atoms with Gasteiger partial charge in [0.2, 0.25) is 10.0 Å². The Labute approximate surface area is 129 Å². The molecule has 0 bridgehead atoms. The van der Waals surface area contributed by atoms with Gasteiger partial charge < -0.3 is 4.74 Å². The lowest BCUT2D eigenvalue weighted by Crippen LogP contribution is -2.30. The van der Waals surface area contributed by atoms with Crippen molar-refractivity contribution in [2.75, 3.05) is 19.0 Å². The van der Waals surface area contributed by atoms with Gasteiger partial charge in [0.1, 0.15) is 6.10 Å². The van der Waals surface area contributed by atoms with Crippen LogP contribution in [0.25, 0.3) is 0 Å². The average molecular weight is 332 g/mol. The van der Waals surface area contributed by atoms with Crippen LogP contribution in [0.1, 0.15) is 12.5 Å². The molecule has 1 aromatic rings. The molecule has 21 heavy (non-hydrogen) atoms. The van der Waals surface area contributed by atoms with E-state index >= 15 is 0 Å². The minimum Gasteiger partial charge on any atom is -0.461 e. The Bertz CT molecular complexity index is 614. The van der Waals surface area contributed by atoms with Crippen molar-refractivity contribution in [3.8, 4) is 0 Å². The maximum Gasteiger partial charge on any atom is 0.302 e. The van der Waals surface area contributed by atoms with Crippen LogP contribution in [0.2, 0.25) is 0 Å². The van der Waals surface area contributed by atoms with Crippen LogP contribution < -0.4 is 0 Å². The number of halogens is 1. The highest BCUT2D eigenvalue weighted by atomic mass is 35.5. The fourth-order valence-electron chi connectivity index (χ4n) is 2.35. The van der Waals surface area contributed by atoms with Crippen molar-refractivity contribution in [1.29, 1.82) is 0 Å². The van der Waals surface area contributed by atoms with Gasteiger partial charge in [-0.2, -0.15) is 4.31 Å². The van der Waals surface area contributed by atoms with Crippen molar-refractivity contribution in [3.63, 3.8) is 0 Å². The van der Waals surface area contributed by atoms with Gasteiger partial charge in [0, 0.05) is 25.3 Å². The number of ether oxygens (including phenoxy) is 1. The molecule has 1 aliphatic rings. The topological polar surface area (TPSA) is 63.7 Å². The Kier molecular flexibility index (Phi) is 4.91. The van der Waals surface area contributed by atoms with Crippen molar-refractivity contribution in [2.24, 2.45) is 5.92 Å². The molecule has 1 aliphatic heterocycles. The maximum atomic E-state index is 12.6. The Morgan fingerprint density at radius 1 is 1.33 bits per heavy atom. The molecule has 2 atom stereocenters. The molecule has 2 rings (SSSR count). The first-order chi connectivity index (χ1) is 9.84. The third-order valence-corrected chi connectivity index (χ3v) is 5.76. The highest BCUT2D eigenvalue weighted by Crippen LogP contribution is 2.27. The third-order valence-electron chi connectivity index (χ3n) is 3.52. The number of sulfonamides is 1. The molecule has 0 radical (unpaired) electrons. The van der Waals surface area contributed by atoms with Crippen LogP contribution in [0.3, 0.4) is 0 Å². The number of alkyl halides is 1. The van der Waals surface area contributed by atoms with Crippen LogP contribution in [0.5, 0.6) is 0 Å². The quantitative estimate of drug-likeness (QED) is 0.623. The molecule has 1 heterocycles. The number of rotatable bonds is 4. The van der Waals surface area contributed by atoms with E-state index in [1.807, 2.05) is 6.92 Å². The van der Waals surface area contributed by atoms with Gasteiger partial charge >= 0.3 is 5.97 Å². The normalized spacial score (nSPS) is 23.2. The lowest BCUT2D eigenvalue weighted by atomic mass is 10.1.